The minimum atomic E-state index is 0.495. The molecule has 0 bridgehead atoms. The quantitative estimate of drug-likeness (QED) is 0.748. The molecule has 2 fully saturated rings. The van der Waals surface area contributed by atoms with E-state index in [1.807, 2.05) is 12.3 Å². The van der Waals surface area contributed by atoms with Gasteiger partial charge in [0.05, 0.1) is 23.7 Å². The summed E-state index contributed by atoms with van der Waals surface area (Å²) in [5, 5.41) is 3.54. The largest absolute Gasteiger partial charge is 0.396 e. The Bertz CT molecular complexity index is 361. The number of nitrogen functional groups attached to an aromatic ring is 1. The van der Waals surface area contributed by atoms with Gasteiger partial charge in [-0.05, 0) is 24.8 Å². The summed E-state index contributed by atoms with van der Waals surface area (Å²) in [6, 6.07) is 2.01. The van der Waals surface area contributed by atoms with Crippen molar-refractivity contribution in [2.24, 2.45) is 5.92 Å². The molecule has 0 amide bonds. The summed E-state index contributed by atoms with van der Waals surface area (Å²) in [6.45, 7) is 2.11. The van der Waals surface area contributed by atoms with Crippen molar-refractivity contribution in [1.82, 2.24) is 10.3 Å². The van der Waals surface area contributed by atoms with Crippen LogP contribution in [0.3, 0.4) is 0 Å². The Labute approximate surface area is 89.5 Å². The first-order valence-corrected chi connectivity index (χ1v) is 5.56. The predicted octanol–water partition coefficient (Wildman–Crippen LogP) is 0.809. The smallest absolute Gasteiger partial charge is 0.0826 e. The predicted molar refractivity (Wildman–Crippen MR) is 60.5 cm³/mol. The summed E-state index contributed by atoms with van der Waals surface area (Å²) < 4.78 is 0. The molecule has 2 heterocycles. The molecular weight excluding hydrogens is 188 g/mol. The van der Waals surface area contributed by atoms with E-state index in [0.29, 0.717) is 6.17 Å². The van der Waals surface area contributed by atoms with Crippen molar-refractivity contribution in [2.75, 3.05) is 23.7 Å². The van der Waals surface area contributed by atoms with Crippen LogP contribution in [-0.2, 0) is 0 Å². The molecule has 80 valence electrons. The number of hydrogen-bond donors (Lipinski definition) is 2. The van der Waals surface area contributed by atoms with Gasteiger partial charge in [0, 0.05) is 19.3 Å². The zero-order valence-electron chi connectivity index (χ0n) is 8.69. The van der Waals surface area contributed by atoms with Gasteiger partial charge in [-0.15, -0.1) is 0 Å². The van der Waals surface area contributed by atoms with Crippen molar-refractivity contribution < 1.29 is 0 Å². The summed E-state index contributed by atoms with van der Waals surface area (Å²) in [6.07, 6.45) is 6.74. The van der Waals surface area contributed by atoms with Gasteiger partial charge in [-0.25, -0.2) is 0 Å². The van der Waals surface area contributed by atoms with E-state index < -0.39 is 0 Å². The molecule has 0 spiro atoms. The van der Waals surface area contributed by atoms with E-state index in [9.17, 15) is 0 Å². The van der Waals surface area contributed by atoms with Crippen molar-refractivity contribution in [3.05, 3.63) is 18.5 Å². The standard InChI is InChI=1S/C11H16N4/c12-9-7-13-4-3-10(9)15-6-5-14-11(15)8-1-2-8/h3-4,7-8,11,14H,1-2,5-6,12H2. The highest BCUT2D eigenvalue weighted by Gasteiger charge is 2.38. The van der Waals surface area contributed by atoms with Crippen LogP contribution in [0.1, 0.15) is 12.8 Å². The van der Waals surface area contributed by atoms with Crippen molar-refractivity contribution in [3.8, 4) is 0 Å². The molecule has 15 heavy (non-hydrogen) atoms. The maximum atomic E-state index is 5.95. The Balaban J connectivity index is 1.89. The number of anilines is 2. The molecule has 3 rings (SSSR count). The van der Waals surface area contributed by atoms with Crippen molar-refractivity contribution in [3.63, 3.8) is 0 Å². The highest BCUT2D eigenvalue weighted by atomic mass is 15.3. The third-order valence-electron chi connectivity index (χ3n) is 3.25. The molecule has 1 aromatic rings. The molecular formula is C11H16N4. The summed E-state index contributed by atoms with van der Waals surface area (Å²) in [4.78, 5) is 6.41. The van der Waals surface area contributed by atoms with E-state index in [0.717, 1.165) is 30.4 Å². The van der Waals surface area contributed by atoms with Crippen LogP contribution >= 0.6 is 0 Å². The normalized spacial score (nSPS) is 25.9. The lowest BCUT2D eigenvalue weighted by atomic mass is 10.2. The van der Waals surface area contributed by atoms with E-state index in [1.165, 1.54) is 12.8 Å². The molecule has 1 aromatic heterocycles. The summed E-state index contributed by atoms with van der Waals surface area (Å²) >= 11 is 0. The van der Waals surface area contributed by atoms with Crippen LogP contribution in [0, 0.1) is 5.92 Å². The Morgan fingerprint density at radius 3 is 3.07 bits per heavy atom. The van der Waals surface area contributed by atoms with Crippen LogP contribution in [0.25, 0.3) is 0 Å². The van der Waals surface area contributed by atoms with Crippen LogP contribution in [0.5, 0.6) is 0 Å². The van der Waals surface area contributed by atoms with E-state index >= 15 is 0 Å². The van der Waals surface area contributed by atoms with Gasteiger partial charge in [0.2, 0.25) is 0 Å². The third kappa shape index (κ3) is 1.55. The Kier molecular flexibility index (Phi) is 2.02. The van der Waals surface area contributed by atoms with Crippen molar-refractivity contribution in [1.29, 1.82) is 0 Å². The van der Waals surface area contributed by atoms with E-state index in [1.54, 1.807) is 6.20 Å². The minimum absolute atomic E-state index is 0.495. The van der Waals surface area contributed by atoms with Crippen molar-refractivity contribution in [2.45, 2.75) is 19.0 Å². The average Bonchev–Trinajstić information content (AvgIpc) is 2.98. The molecule has 4 heteroatoms. The molecule has 4 nitrogen and oxygen atoms in total. The minimum Gasteiger partial charge on any atom is -0.396 e. The van der Waals surface area contributed by atoms with Crippen LogP contribution in [0.15, 0.2) is 18.5 Å². The lowest BCUT2D eigenvalue weighted by molar-refractivity contribution is 0.539. The van der Waals surface area contributed by atoms with E-state index in [4.69, 9.17) is 5.73 Å². The number of rotatable bonds is 2. The van der Waals surface area contributed by atoms with Gasteiger partial charge in [0.15, 0.2) is 0 Å². The van der Waals surface area contributed by atoms with Crippen LogP contribution in [-0.4, -0.2) is 24.2 Å². The SMILES string of the molecule is Nc1cnccc1N1CCNC1C1CC1. The topological polar surface area (TPSA) is 54.2 Å². The van der Waals surface area contributed by atoms with Crippen LogP contribution in [0.2, 0.25) is 0 Å². The molecule has 1 unspecified atom stereocenters. The van der Waals surface area contributed by atoms with Gasteiger partial charge >= 0.3 is 0 Å². The number of aromatic nitrogens is 1. The second-order valence-electron chi connectivity index (χ2n) is 4.36. The molecule has 1 saturated carbocycles. The van der Waals surface area contributed by atoms with Crippen LogP contribution in [0.4, 0.5) is 11.4 Å². The second-order valence-corrected chi connectivity index (χ2v) is 4.36. The molecule has 1 aliphatic heterocycles. The zero-order valence-corrected chi connectivity index (χ0v) is 8.69. The fourth-order valence-electron chi connectivity index (χ4n) is 2.35. The molecule has 2 aliphatic rings. The first-order chi connectivity index (χ1) is 7.36. The summed E-state index contributed by atoms with van der Waals surface area (Å²) in [5.41, 5.74) is 7.87. The first-order valence-electron chi connectivity index (χ1n) is 5.56. The zero-order chi connectivity index (χ0) is 10.3. The number of nitrogens with one attached hydrogen (secondary N) is 1. The number of hydrogen-bond acceptors (Lipinski definition) is 4. The van der Waals surface area contributed by atoms with Gasteiger partial charge < -0.3 is 10.6 Å². The molecule has 0 radical (unpaired) electrons. The molecule has 1 atom stereocenters. The molecule has 1 saturated heterocycles. The van der Waals surface area contributed by atoms with Crippen LogP contribution < -0.4 is 16.0 Å². The average molecular weight is 204 g/mol. The molecule has 1 aliphatic carbocycles. The molecule has 0 aromatic carbocycles. The molecule has 3 N–H and O–H groups in total. The Morgan fingerprint density at radius 2 is 2.33 bits per heavy atom. The fraction of sp³-hybridized carbons (Fsp3) is 0.545. The number of pyridine rings is 1. The Morgan fingerprint density at radius 1 is 1.47 bits per heavy atom. The van der Waals surface area contributed by atoms with Crippen molar-refractivity contribution >= 4 is 11.4 Å². The van der Waals surface area contributed by atoms with Gasteiger partial charge in [-0.3, -0.25) is 10.3 Å². The van der Waals surface area contributed by atoms with Gasteiger partial charge in [0.25, 0.3) is 0 Å². The van der Waals surface area contributed by atoms with Gasteiger partial charge in [0.1, 0.15) is 0 Å². The fourth-order valence-corrected chi connectivity index (χ4v) is 2.35. The van der Waals surface area contributed by atoms with E-state index in [-0.39, 0.29) is 0 Å². The lowest BCUT2D eigenvalue weighted by Crippen LogP contribution is -2.37. The number of nitrogens with zero attached hydrogens (tertiary/aromatic N) is 2. The summed E-state index contributed by atoms with van der Waals surface area (Å²) in [5.74, 6) is 0.820. The summed E-state index contributed by atoms with van der Waals surface area (Å²) in [7, 11) is 0. The second kappa shape index (κ2) is 3.38. The lowest BCUT2D eigenvalue weighted by Gasteiger charge is -2.27. The monoisotopic (exact) mass is 204 g/mol. The van der Waals surface area contributed by atoms with E-state index in [2.05, 4.69) is 15.2 Å². The van der Waals surface area contributed by atoms with Gasteiger partial charge in [-0.2, -0.15) is 0 Å². The highest BCUT2D eigenvalue weighted by molar-refractivity contribution is 5.67. The Hall–Kier alpha value is -1.29. The van der Waals surface area contributed by atoms with Gasteiger partial charge in [-0.1, -0.05) is 0 Å². The maximum Gasteiger partial charge on any atom is 0.0826 e. The third-order valence-corrected chi connectivity index (χ3v) is 3.25. The first kappa shape index (κ1) is 8.97. The highest BCUT2D eigenvalue weighted by Crippen LogP contribution is 2.38. The maximum absolute atomic E-state index is 5.95. The number of nitrogens with two attached hydrogens (primary N) is 1.